The fraction of sp³-hybridized carbons (Fsp3) is 0.231. The van der Waals surface area contributed by atoms with Gasteiger partial charge in [0, 0.05) is 13.6 Å². The summed E-state index contributed by atoms with van der Waals surface area (Å²) < 4.78 is 5.82. The molecule has 0 atom stereocenters. The Bertz CT molecular complexity index is 1030. The zero-order valence-electron chi connectivity index (χ0n) is 18.2. The van der Waals surface area contributed by atoms with Gasteiger partial charge in [-0.05, 0) is 35.2 Å². The van der Waals surface area contributed by atoms with Gasteiger partial charge in [0.05, 0.1) is 11.3 Å². The Labute approximate surface area is 183 Å². The first kappa shape index (κ1) is 22.1. The van der Waals surface area contributed by atoms with Crippen molar-refractivity contribution < 1.29 is 14.3 Å². The molecule has 3 rings (SSSR count). The molecule has 0 aliphatic rings. The molecule has 5 nitrogen and oxygen atoms in total. The Balaban J connectivity index is 1.68. The van der Waals surface area contributed by atoms with E-state index in [0.717, 1.165) is 11.1 Å². The van der Waals surface area contributed by atoms with Crippen LogP contribution in [-0.2, 0) is 11.3 Å². The Morgan fingerprint density at radius 1 is 0.903 bits per heavy atom. The molecule has 0 aliphatic heterocycles. The molecule has 0 saturated heterocycles. The van der Waals surface area contributed by atoms with E-state index in [4.69, 9.17) is 4.74 Å². The molecule has 0 radical (unpaired) electrons. The second-order valence-electron chi connectivity index (χ2n) is 7.62. The van der Waals surface area contributed by atoms with E-state index in [2.05, 4.69) is 19.2 Å². The van der Waals surface area contributed by atoms with Crippen molar-refractivity contribution in [3.8, 4) is 5.75 Å². The van der Waals surface area contributed by atoms with Gasteiger partial charge in [-0.3, -0.25) is 9.59 Å². The monoisotopic (exact) mass is 416 g/mol. The summed E-state index contributed by atoms with van der Waals surface area (Å²) >= 11 is 0. The van der Waals surface area contributed by atoms with Crippen LogP contribution in [0, 0.1) is 0 Å². The quantitative estimate of drug-likeness (QED) is 0.575. The molecule has 0 bridgehead atoms. The van der Waals surface area contributed by atoms with Crippen molar-refractivity contribution in [2.24, 2.45) is 0 Å². The lowest BCUT2D eigenvalue weighted by Crippen LogP contribution is -2.34. The molecule has 0 spiro atoms. The summed E-state index contributed by atoms with van der Waals surface area (Å²) in [5.74, 6) is 0.526. The van der Waals surface area contributed by atoms with Crippen molar-refractivity contribution in [3.05, 3.63) is 95.6 Å². The van der Waals surface area contributed by atoms with Crippen LogP contribution in [0.2, 0.25) is 0 Å². The van der Waals surface area contributed by atoms with E-state index >= 15 is 0 Å². The SMILES string of the molecule is CC(C)c1ccccc1OCC(=O)N(C)c1ccccc1C(=O)NCc1ccccc1. The Morgan fingerprint density at radius 3 is 2.29 bits per heavy atom. The van der Waals surface area contributed by atoms with Crippen molar-refractivity contribution in [3.63, 3.8) is 0 Å². The number of carbonyl (C=O) groups excluding carboxylic acids is 2. The summed E-state index contributed by atoms with van der Waals surface area (Å²) in [4.78, 5) is 27.1. The molecule has 2 amide bonds. The summed E-state index contributed by atoms with van der Waals surface area (Å²) in [7, 11) is 1.66. The number of hydrogen-bond donors (Lipinski definition) is 1. The predicted octanol–water partition coefficient (Wildman–Crippen LogP) is 4.78. The lowest BCUT2D eigenvalue weighted by atomic mass is 10.0. The smallest absolute Gasteiger partial charge is 0.264 e. The van der Waals surface area contributed by atoms with Gasteiger partial charge in [0.1, 0.15) is 5.75 Å². The highest BCUT2D eigenvalue weighted by Gasteiger charge is 2.19. The van der Waals surface area contributed by atoms with E-state index < -0.39 is 0 Å². The topological polar surface area (TPSA) is 58.6 Å². The summed E-state index contributed by atoms with van der Waals surface area (Å²) in [6, 6.07) is 24.5. The number of carbonyl (C=O) groups is 2. The van der Waals surface area contributed by atoms with Gasteiger partial charge in [-0.25, -0.2) is 0 Å². The average molecular weight is 417 g/mol. The lowest BCUT2D eigenvalue weighted by molar-refractivity contribution is -0.120. The number of anilines is 1. The van der Waals surface area contributed by atoms with Gasteiger partial charge in [-0.15, -0.1) is 0 Å². The fourth-order valence-corrected chi connectivity index (χ4v) is 3.29. The highest BCUT2D eigenvalue weighted by Crippen LogP contribution is 2.26. The lowest BCUT2D eigenvalue weighted by Gasteiger charge is -2.21. The van der Waals surface area contributed by atoms with Gasteiger partial charge >= 0.3 is 0 Å². The first-order chi connectivity index (χ1) is 15.0. The Hall–Kier alpha value is -3.60. The molecule has 0 aromatic heterocycles. The number of ether oxygens (including phenoxy) is 1. The van der Waals surface area contributed by atoms with Crippen molar-refractivity contribution in [1.82, 2.24) is 5.32 Å². The number of benzene rings is 3. The molecule has 0 saturated carbocycles. The van der Waals surface area contributed by atoms with Gasteiger partial charge in [-0.2, -0.15) is 0 Å². The molecular weight excluding hydrogens is 388 g/mol. The molecule has 1 N–H and O–H groups in total. The average Bonchev–Trinajstić information content (AvgIpc) is 2.81. The molecule has 5 heteroatoms. The van der Waals surface area contributed by atoms with Gasteiger partial charge in [0.25, 0.3) is 11.8 Å². The highest BCUT2D eigenvalue weighted by atomic mass is 16.5. The summed E-state index contributed by atoms with van der Waals surface area (Å²) in [5, 5.41) is 2.92. The third kappa shape index (κ3) is 5.72. The van der Waals surface area contributed by atoms with Crippen LogP contribution in [0.4, 0.5) is 5.69 Å². The Kier molecular flexibility index (Phi) is 7.44. The molecule has 3 aromatic carbocycles. The third-order valence-corrected chi connectivity index (χ3v) is 5.07. The van der Waals surface area contributed by atoms with Crippen LogP contribution >= 0.6 is 0 Å². The maximum absolute atomic E-state index is 12.8. The molecule has 0 aliphatic carbocycles. The zero-order valence-corrected chi connectivity index (χ0v) is 18.2. The first-order valence-electron chi connectivity index (χ1n) is 10.4. The molecule has 160 valence electrons. The van der Waals surface area contributed by atoms with E-state index in [1.807, 2.05) is 60.7 Å². The summed E-state index contributed by atoms with van der Waals surface area (Å²) in [6.07, 6.45) is 0. The maximum atomic E-state index is 12.8. The largest absolute Gasteiger partial charge is 0.483 e. The molecule has 0 heterocycles. The van der Waals surface area contributed by atoms with Crippen molar-refractivity contribution >= 4 is 17.5 Å². The van der Waals surface area contributed by atoms with Gasteiger partial charge in [0.2, 0.25) is 0 Å². The number of rotatable bonds is 8. The minimum atomic E-state index is -0.234. The predicted molar refractivity (Wildman–Crippen MR) is 123 cm³/mol. The van der Waals surface area contributed by atoms with Crippen LogP contribution in [0.5, 0.6) is 5.75 Å². The number of nitrogens with one attached hydrogen (secondary N) is 1. The second-order valence-corrected chi connectivity index (χ2v) is 7.62. The molecule has 3 aromatic rings. The summed E-state index contributed by atoms with van der Waals surface area (Å²) in [6.45, 7) is 4.47. The van der Waals surface area contributed by atoms with Crippen molar-refractivity contribution in [2.45, 2.75) is 26.3 Å². The number of hydrogen-bond acceptors (Lipinski definition) is 3. The van der Waals surface area contributed by atoms with Gasteiger partial charge in [-0.1, -0.05) is 74.5 Å². The molecule has 0 unspecified atom stereocenters. The van der Waals surface area contributed by atoms with Gasteiger partial charge < -0.3 is 15.0 Å². The van der Waals surface area contributed by atoms with Crippen molar-refractivity contribution in [2.75, 3.05) is 18.6 Å². The molecular formula is C26H28N2O3. The third-order valence-electron chi connectivity index (χ3n) is 5.07. The number of para-hydroxylation sites is 2. The minimum Gasteiger partial charge on any atom is -0.483 e. The van der Waals surface area contributed by atoms with E-state index in [0.29, 0.717) is 23.5 Å². The van der Waals surface area contributed by atoms with Gasteiger partial charge in [0.15, 0.2) is 6.61 Å². The second kappa shape index (κ2) is 10.4. The van der Waals surface area contributed by atoms with E-state index in [1.165, 1.54) is 4.90 Å². The molecule has 0 fully saturated rings. The maximum Gasteiger partial charge on any atom is 0.264 e. The summed E-state index contributed by atoms with van der Waals surface area (Å²) in [5.41, 5.74) is 3.05. The fourth-order valence-electron chi connectivity index (χ4n) is 3.29. The van der Waals surface area contributed by atoms with Crippen LogP contribution in [0.25, 0.3) is 0 Å². The number of nitrogens with zero attached hydrogens (tertiary/aromatic N) is 1. The zero-order chi connectivity index (χ0) is 22.2. The number of amides is 2. The van der Waals surface area contributed by atoms with Crippen LogP contribution in [0.3, 0.4) is 0 Å². The highest BCUT2D eigenvalue weighted by molar-refractivity contribution is 6.04. The van der Waals surface area contributed by atoms with Crippen LogP contribution in [0.15, 0.2) is 78.9 Å². The first-order valence-corrected chi connectivity index (χ1v) is 10.4. The van der Waals surface area contributed by atoms with E-state index in [1.54, 1.807) is 25.2 Å². The van der Waals surface area contributed by atoms with E-state index in [-0.39, 0.29) is 24.3 Å². The van der Waals surface area contributed by atoms with Crippen molar-refractivity contribution in [1.29, 1.82) is 0 Å². The molecule has 31 heavy (non-hydrogen) atoms. The minimum absolute atomic E-state index is 0.111. The Morgan fingerprint density at radius 2 is 1.55 bits per heavy atom. The van der Waals surface area contributed by atoms with Crippen LogP contribution < -0.4 is 15.0 Å². The van der Waals surface area contributed by atoms with Crippen LogP contribution in [0.1, 0.15) is 41.3 Å². The van der Waals surface area contributed by atoms with E-state index in [9.17, 15) is 9.59 Å². The standard InChI is InChI=1S/C26H28N2O3/c1-19(2)21-13-8-10-16-24(21)31-18-25(29)28(3)23-15-9-7-14-22(23)26(30)27-17-20-11-5-4-6-12-20/h4-16,19H,17-18H2,1-3H3,(H,27,30). The normalized spacial score (nSPS) is 10.6. The number of likely N-dealkylation sites (N-methyl/N-ethyl adjacent to an activating group) is 1. The van der Waals surface area contributed by atoms with Crippen LogP contribution in [-0.4, -0.2) is 25.5 Å².